The fourth-order valence-corrected chi connectivity index (χ4v) is 0.772. The minimum Gasteiger partial charge on any atom is -0.512 e. The topological polar surface area (TPSA) is 23.5 Å². The number of nitrogens with zero attached hydrogens (tertiary/aromatic N) is 1. The van der Waals surface area contributed by atoms with Gasteiger partial charge < -0.3 is 5.11 Å². The van der Waals surface area contributed by atoms with Crippen molar-refractivity contribution in [2.45, 2.75) is 13.3 Å². The van der Waals surface area contributed by atoms with Crippen molar-refractivity contribution < 1.29 is 5.11 Å². The maximum atomic E-state index is 8.71. The van der Waals surface area contributed by atoms with Crippen molar-refractivity contribution in [2.24, 2.45) is 0 Å². The highest BCUT2D eigenvalue weighted by molar-refractivity contribution is 4.81. The van der Waals surface area contributed by atoms with Gasteiger partial charge in [0.2, 0.25) is 0 Å². The summed E-state index contributed by atoms with van der Waals surface area (Å²) in [4.78, 5) is 2.03. The lowest BCUT2D eigenvalue weighted by Crippen LogP contribution is -2.21. The average molecular weight is 129 g/mol. The Bertz CT molecular complexity index is 90.9. The highest BCUT2D eigenvalue weighted by Crippen LogP contribution is 1.89. The summed E-state index contributed by atoms with van der Waals surface area (Å²) in [5, 5.41) is 8.71. The van der Waals surface area contributed by atoms with Gasteiger partial charge >= 0.3 is 0 Å². The Kier molecular flexibility index (Phi) is 4.14. The van der Waals surface area contributed by atoms with Crippen LogP contribution in [0.15, 0.2) is 12.3 Å². The summed E-state index contributed by atoms with van der Waals surface area (Å²) >= 11 is 0. The fraction of sp³-hybridized carbons (Fsp3) is 0.714. The van der Waals surface area contributed by atoms with E-state index in [0.29, 0.717) is 6.54 Å². The molecule has 0 aromatic carbocycles. The molecule has 0 bridgehead atoms. The van der Waals surface area contributed by atoms with Crippen molar-refractivity contribution in [3.05, 3.63) is 12.3 Å². The van der Waals surface area contributed by atoms with Gasteiger partial charge in [-0.05, 0) is 20.0 Å². The minimum atomic E-state index is 0.242. The molecule has 0 unspecified atom stereocenters. The molecule has 0 aromatic heterocycles. The van der Waals surface area contributed by atoms with E-state index < -0.39 is 0 Å². The van der Waals surface area contributed by atoms with Crippen LogP contribution in [0.5, 0.6) is 0 Å². The molecule has 0 radical (unpaired) electrons. The molecule has 0 aliphatic rings. The van der Waals surface area contributed by atoms with Gasteiger partial charge in [-0.2, -0.15) is 0 Å². The van der Waals surface area contributed by atoms with Crippen molar-refractivity contribution in [3.63, 3.8) is 0 Å². The molecule has 0 amide bonds. The zero-order valence-electron chi connectivity index (χ0n) is 6.22. The van der Waals surface area contributed by atoms with Gasteiger partial charge in [0.25, 0.3) is 0 Å². The van der Waals surface area contributed by atoms with E-state index >= 15 is 0 Å². The highest BCUT2D eigenvalue weighted by atomic mass is 16.3. The summed E-state index contributed by atoms with van der Waals surface area (Å²) in [6.45, 7) is 7.10. The minimum absolute atomic E-state index is 0.242. The molecule has 0 saturated heterocycles. The van der Waals surface area contributed by atoms with Crippen LogP contribution in [0.3, 0.4) is 0 Å². The van der Waals surface area contributed by atoms with Crippen LogP contribution in [0, 0.1) is 0 Å². The highest BCUT2D eigenvalue weighted by Gasteiger charge is 1.95. The lowest BCUT2D eigenvalue weighted by atomic mass is 10.4. The molecule has 2 nitrogen and oxygen atoms in total. The zero-order chi connectivity index (χ0) is 7.28. The van der Waals surface area contributed by atoms with E-state index in [1.165, 1.54) is 0 Å². The van der Waals surface area contributed by atoms with E-state index in [9.17, 15) is 0 Å². The quantitative estimate of drug-likeness (QED) is 0.580. The van der Waals surface area contributed by atoms with Gasteiger partial charge in [0.05, 0.1) is 12.3 Å². The largest absolute Gasteiger partial charge is 0.512 e. The second kappa shape index (κ2) is 4.39. The second-order valence-corrected chi connectivity index (χ2v) is 2.30. The molecule has 0 aliphatic heterocycles. The smallest absolute Gasteiger partial charge is 0.0991 e. The average Bonchev–Trinajstić information content (AvgIpc) is 1.63. The molecule has 0 atom stereocenters. The maximum Gasteiger partial charge on any atom is 0.0991 e. The van der Waals surface area contributed by atoms with Gasteiger partial charge in [-0.1, -0.05) is 13.5 Å². The third-order valence-corrected chi connectivity index (χ3v) is 1.06. The SMILES string of the molecule is C=C(O)CN(C)CCC. The predicted molar refractivity (Wildman–Crippen MR) is 39.6 cm³/mol. The lowest BCUT2D eigenvalue weighted by Gasteiger charge is -2.13. The first-order valence-electron chi connectivity index (χ1n) is 3.22. The molecule has 54 valence electrons. The molecule has 0 saturated carbocycles. The van der Waals surface area contributed by atoms with Gasteiger partial charge in [0, 0.05) is 0 Å². The van der Waals surface area contributed by atoms with Gasteiger partial charge in [0.1, 0.15) is 0 Å². The molecule has 0 rings (SSSR count). The first-order valence-corrected chi connectivity index (χ1v) is 3.22. The van der Waals surface area contributed by atoms with Crippen LogP contribution >= 0.6 is 0 Å². The summed E-state index contributed by atoms with van der Waals surface area (Å²) in [5.74, 6) is 0.242. The van der Waals surface area contributed by atoms with E-state index in [4.69, 9.17) is 5.11 Å². The fourth-order valence-electron chi connectivity index (χ4n) is 0.772. The van der Waals surface area contributed by atoms with Crippen LogP contribution in [0.1, 0.15) is 13.3 Å². The van der Waals surface area contributed by atoms with E-state index in [0.717, 1.165) is 13.0 Å². The number of rotatable bonds is 4. The van der Waals surface area contributed by atoms with Gasteiger partial charge in [0.15, 0.2) is 0 Å². The molecular weight excluding hydrogens is 114 g/mol. The molecule has 0 aromatic rings. The summed E-state index contributed by atoms with van der Waals surface area (Å²) in [6, 6.07) is 0. The number of aliphatic hydroxyl groups excluding tert-OH is 1. The van der Waals surface area contributed by atoms with Crippen LogP contribution in [0.4, 0.5) is 0 Å². The third-order valence-electron chi connectivity index (χ3n) is 1.06. The standard InChI is InChI=1S/C7H15NO/c1-4-5-8(3)6-7(2)9/h9H,2,4-6H2,1,3H3. The molecule has 9 heavy (non-hydrogen) atoms. The zero-order valence-corrected chi connectivity index (χ0v) is 6.22. The molecule has 1 N–H and O–H groups in total. The molecule has 0 aliphatic carbocycles. The Morgan fingerprint density at radius 1 is 1.67 bits per heavy atom. The van der Waals surface area contributed by atoms with Gasteiger partial charge in [-0.15, -0.1) is 0 Å². The van der Waals surface area contributed by atoms with Crippen molar-refractivity contribution in [3.8, 4) is 0 Å². The molecular formula is C7H15NO. The number of likely N-dealkylation sites (N-methyl/N-ethyl adjacent to an activating group) is 1. The Labute approximate surface area is 56.8 Å². The molecule has 2 heteroatoms. The molecule has 0 spiro atoms. The van der Waals surface area contributed by atoms with Crippen LogP contribution in [0.2, 0.25) is 0 Å². The van der Waals surface area contributed by atoms with Crippen LogP contribution in [-0.2, 0) is 0 Å². The maximum absolute atomic E-state index is 8.71. The van der Waals surface area contributed by atoms with Crippen LogP contribution in [0.25, 0.3) is 0 Å². The Morgan fingerprint density at radius 2 is 2.22 bits per heavy atom. The van der Waals surface area contributed by atoms with E-state index in [1.807, 2.05) is 11.9 Å². The second-order valence-electron chi connectivity index (χ2n) is 2.30. The van der Waals surface area contributed by atoms with Crippen molar-refractivity contribution in [2.75, 3.05) is 20.1 Å². The van der Waals surface area contributed by atoms with Gasteiger partial charge in [-0.25, -0.2) is 0 Å². The normalized spacial score (nSPS) is 10.1. The van der Waals surface area contributed by atoms with E-state index in [2.05, 4.69) is 13.5 Å². The summed E-state index contributed by atoms with van der Waals surface area (Å²) < 4.78 is 0. The van der Waals surface area contributed by atoms with Crippen molar-refractivity contribution in [1.82, 2.24) is 4.90 Å². The predicted octanol–water partition coefficient (Wildman–Crippen LogP) is 1.40. The van der Waals surface area contributed by atoms with E-state index in [-0.39, 0.29) is 5.76 Å². The van der Waals surface area contributed by atoms with E-state index in [1.54, 1.807) is 0 Å². The summed E-state index contributed by atoms with van der Waals surface area (Å²) in [6.07, 6.45) is 1.11. The Hall–Kier alpha value is -0.500. The Balaban J connectivity index is 3.26. The number of hydrogen-bond acceptors (Lipinski definition) is 2. The summed E-state index contributed by atoms with van der Waals surface area (Å²) in [7, 11) is 1.96. The van der Waals surface area contributed by atoms with Crippen molar-refractivity contribution >= 4 is 0 Å². The van der Waals surface area contributed by atoms with Crippen LogP contribution in [-0.4, -0.2) is 30.1 Å². The van der Waals surface area contributed by atoms with Crippen molar-refractivity contribution in [1.29, 1.82) is 0 Å². The third kappa shape index (κ3) is 5.37. The number of aliphatic hydroxyl groups is 1. The monoisotopic (exact) mass is 129 g/mol. The first kappa shape index (κ1) is 8.50. The molecule has 0 fully saturated rings. The Morgan fingerprint density at radius 3 is 2.56 bits per heavy atom. The summed E-state index contributed by atoms with van der Waals surface area (Å²) in [5.41, 5.74) is 0. The first-order chi connectivity index (χ1) is 4.16. The molecule has 0 heterocycles. The van der Waals surface area contributed by atoms with Gasteiger partial charge in [-0.3, -0.25) is 4.90 Å². The van der Waals surface area contributed by atoms with Crippen LogP contribution < -0.4 is 0 Å². The number of hydrogen-bond donors (Lipinski definition) is 1. The lowest BCUT2D eigenvalue weighted by molar-refractivity contribution is 0.291.